The van der Waals surface area contributed by atoms with Crippen molar-refractivity contribution in [2.24, 2.45) is 5.92 Å². The zero-order chi connectivity index (χ0) is 12.2. The lowest BCUT2D eigenvalue weighted by atomic mass is 9.88. The molecule has 1 rings (SSSR count). The van der Waals surface area contributed by atoms with E-state index in [0.29, 0.717) is 5.56 Å². The fourth-order valence-corrected chi connectivity index (χ4v) is 1.91. The van der Waals surface area contributed by atoms with Gasteiger partial charge in [-0.15, -0.1) is 0 Å². The lowest BCUT2D eigenvalue weighted by Crippen LogP contribution is -2.24. The van der Waals surface area contributed by atoms with Crippen LogP contribution in [-0.4, -0.2) is 4.59 Å². The summed E-state index contributed by atoms with van der Waals surface area (Å²) < 4.78 is 10.9. The molecule has 0 amide bonds. The fourth-order valence-electron chi connectivity index (χ4n) is 1.41. The van der Waals surface area contributed by atoms with Gasteiger partial charge in [0.05, 0.1) is 18.1 Å². The minimum atomic E-state index is -2.66. The Bertz CT molecular complexity index is 414. The van der Waals surface area contributed by atoms with Crippen molar-refractivity contribution in [3.05, 3.63) is 35.9 Å². The average Bonchev–Trinajstić information content (AvgIpc) is 2.25. The zero-order valence-electron chi connectivity index (χ0n) is 8.07. The maximum Gasteiger partial charge on any atom is 0.266 e. The van der Waals surface area contributed by atoms with E-state index >= 15 is 0 Å². The number of nitriles is 2. The van der Waals surface area contributed by atoms with E-state index in [4.69, 9.17) is 33.7 Å². The number of hydrogen-bond acceptors (Lipinski definition) is 2. The molecular weight excluding hydrogens is 250 g/mol. The van der Waals surface area contributed by atoms with E-state index in [0.717, 1.165) is 0 Å². The van der Waals surface area contributed by atoms with E-state index in [-0.39, 0.29) is 0 Å². The van der Waals surface area contributed by atoms with Crippen LogP contribution in [0.2, 0.25) is 0 Å². The van der Waals surface area contributed by atoms with E-state index < -0.39 is 16.4 Å². The highest BCUT2D eigenvalue weighted by molar-refractivity contribution is 6.47. The second-order valence-corrected chi connectivity index (χ2v) is 4.46. The van der Waals surface area contributed by atoms with Crippen LogP contribution in [0.15, 0.2) is 30.3 Å². The Morgan fingerprint density at radius 3 is 2.00 bits per heavy atom. The van der Waals surface area contributed by atoms with Crippen LogP contribution < -0.4 is 0 Å². The summed E-state index contributed by atoms with van der Waals surface area (Å²) in [6, 6.07) is 11.6. The standard InChI is InChI=1S/C11H7Cl2FN2/c12-11(13,14)10(9(6-15)7-16)8-4-2-1-3-5-8/h1-5,9-10H. The van der Waals surface area contributed by atoms with Crippen molar-refractivity contribution in [1.29, 1.82) is 10.5 Å². The first kappa shape index (κ1) is 12.8. The predicted molar refractivity (Wildman–Crippen MR) is 59.4 cm³/mol. The Labute approximate surface area is 103 Å². The van der Waals surface area contributed by atoms with Crippen molar-refractivity contribution in [3.8, 4) is 12.1 Å². The lowest BCUT2D eigenvalue weighted by molar-refractivity contribution is 0.313. The Kier molecular flexibility index (Phi) is 4.12. The van der Waals surface area contributed by atoms with Crippen LogP contribution in [0.3, 0.4) is 0 Å². The number of nitrogens with zero attached hydrogens (tertiary/aromatic N) is 2. The molecule has 2 nitrogen and oxygen atoms in total. The molecule has 16 heavy (non-hydrogen) atoms. The molecule has 1 unspecified atom stereocenters. The molecular formula is C11H7Cl2FN2. The highest BCUT2D eigenvalue weighted by Gasteiger charge is 2.42. The summed E-state index contributed by atoms with van der Waals surface area (Å²) in [7, 11) is 0. The Balaban J connectivity index is 3.19. The third kappa shape index (κ3) is 2.85. The molecule has 82 valence electrons. The maximum absolute atomic E-state index is 13.6. The molecule has 1 atom stereocenters. The molecule has 0 spiro atoms. The summed E-state index contributed by atoms with van der Waals surface area (Å²) in [5, 5.41) is 17.5. The molecule has 0 bridgehead atoms. The van der Waals surface area contributed by atoms with Gasteiger partial charge in [-0.3, -0.25) is 0 Å². The summed E-state index contributed by atoms with van der Waals surface area (Å²) in [5.41, 5.74) is 0.420. The molecule has 5 heteroatoms. The zero-order valence-corrected chi connectivity index (χ0v) is 9.58. The highest BCUT2D eigenvalue weighted by atomic mass is 35.5. The molecule has 1 aromatic carbocycles. The van der Waals surface area contributed by atoms with Gasteiger partial charge < -0.3 is 0 Å². The van der Waals surface area contributed by atoms with Gasteiger partial charge in [0.2, 0.25) is 0 Å². The first-order chi connectivity index (χ1) is 7.50. The number of rotatable bonds is 3. The van der Waals surface area contributed by atoms with Crippen LogP contribution >= 0.6 is 23.2 Å². The van der Waals surface area contributed by atoms with Crippen molar-refractivity contribution in [1.82, 2.24) is 0 Å². The second kappa shape index (κ2) is 5.16. The second-order valence-electron chi connectivity index (χ2n) is 3.17. The van der Waals surface area contributed by atoms with Crippen LogP contribution in [0.1, 0.15) is 11.5 Å². The van der Waals surface area contributed by atoms with E-state index in [1.807, 2.05) is 0 Å². The number of hydrogen-bond donors (Lipinski definition) is 0. The molecule has 0 aromatic heterocycles. The lowest BCUT2D eigenvalue weighted by Gasteiger charge is -2.23. The fraction of sp³-hybridized carbons (Fsp3) is 0.273. The van der Waals surface area contributed by atoms with Crippen LogP contribution in [0, 0.1) is 28.6 Å². The minimum absolute atomic E-state index is 0.420. The van der Waals surface area contributed by atoms with Crippen LogP contribution in [0.25, 0.3) is 0 Å². The summed E-state index contributed by atoms with van der Waals surface area (Å²) in [6.45, 7) is 0. The quantitative estimate of drug-likeness (QED) is 0.777. The average molecular weight is 257 g/mol. The van der Waals surface area contributed by atoms with E-state index in [2.05, 4.69) is 0 Å². The van der Waals surface area contributed by atoms with Gasteiger partial charge in [-0.05, 0) is 5.56 Å². The van der Waals surface area contributed by atoms with Crippen molar-refractivity contribution in [2.75, 3.05) is 0 Å². The molecule has 0 radical (unpaired) electrons. The van der Waals surface area contributed by atoms with Crippen LogP contribution in [0.5, 0.6) is 0 Å². The summed E-state index contributed by atoms with van der Waals surface area (Å²) >= 11 is 10.8. The first-order valence-electron chi connectivity index (χ1n) is 4.41. The molecule has 0 aliphatic heterocycles. The van der Waals surface area contributed by atoms with E-state index in [1.165, 1.54) is 0 Å². The van der Waals surface area contributed by atoms with Crippen molar-refractivity contribution in [2.45, 2.75) is 10.5 Å². The highest BCUT2D eigenvalue weighted by Crippen LogP contribution is 2.43. The van der Waals surface area contributed by atoms with E-state index in [9.17, 15) is 4.39 Å². The van der Waals surface area contributed by atoms with Gasteiger partial charge in [-0.25, -0.2) is 4.39 Å². The number of halogens is 3. The third-order valence-electron chi connectivity index (χ3n) is 2.12. The molecule has 0 saturated heterocycles. The van der Waals surface area contributed by atoms with Gasteiger partial charge in [0, 0.05) is 0 Å². The molecule has 0 aliphatic carbocycles. The van der Waals surface area contributed by atoms with Gasteiger partial charge >= 0.3 is 0 Å². The maximum atomic E-state index is 13.6. The molecule has 0 aliphatic rings. The van der Waals surface area contributed by atoms with Crippen molar-refractivity contribution in [3.63, 3.8) is 0 Å². The third-order valence-corrected chi connectivity index (χ3v) is 2.59. The van der Waals surface area contributed by atoms with Gasteiger partial charge in [-0.2, -0.15) is 10.5 Å². The normalized spacial score (nSPS) is 12.9. The minimum Gasteiger partial charge on any atom is -0.207 e. The van der Waals surface area contributed by atoms with Gasteiger partial charge in [-0.1, -0.05) is 53.5 Å². The summed E-state index contributed by atoms with van der Waals surface area (Å²) in [4.78, 5) is 0. The molecule has 0 saturated carbocycles. The monoisotopic (exact) mass is 256 g/mol. The summed E-state index contributed by atoms with van der Waals surface area (Å²) in [5.74, 6) is -2.42. The smallest absolute Gasteiger partial charge is 0.207 e. The molecule has 0 heterocycles. The topological polar surface area (TPSA) is 47.6 Å². The van der Waals surface area contributed by atoms with Gasteiger partial charge in [0.1, 0.15) is 5.92 Å². The predicted octanol–water partition coefficient (Wildman–Crippen LogP) is 3.53. The SMILES string of the molecule is N#CC(C#N)C(c1ccccc1)C(F)(Cl)Cl. The number of alkyl halides is 3. The molecule has 0 N–H and O–H groups in total. The van der Waals surface area contributed by atoms with E-state index in [1.54, 1.807) is 42.5 Å². The first-order valence-corrected chi connectivity index (χ1v) is 5.17. The van der Waals surface area contributed by atoms with Crippen molar-refractivity contribution < 1.29 is 4.39 Å². The Morgan fingerprint density at radius 1 is 1.12 bits per heavy atom. The Morgan fingerprint density at radius 2 is 1.62 bits per heavy atom. The van der Waals surface area contributed by atoms with Crippen molar-refractivity contribution >= 4 is 23.2 Å². The van der Waals surface area contributed by atoms with Gasteiger partial charge in [0.25, 0.3) is 4.59 Å². The Hall–Kier alpha value is -1.29. The van der Waals surface area contributed by atoms with Crippen LogP contribution in [0.4, 0.5) is 4.39 Å². The van der Waals surface area contributed by atoms with Crippen LogP contribution in [-0.2, 0) is 0 Å². The number of benzene rings is 1. The summed E-state index contributed by atoms with van der Waals surface area (Å²) in [6.07, 6.45) is 0. The molecule has 0 fully saturated rings. The largest absolute Gasteiger partial charge is 0.266 e. The van der Waals surface area contributed by atoms with Gasteiger partial charge in [0.15, 0.2) is 0 Å². The molecule has 1 aromatic rings.